The summed E-state index contributed by atoms with van der Waals surface area (Å²) in [5, 5.41) is 3.05. The van der Waals surface area contributed by atoms with Crippen LogP contribution in [-0.2, 0) is 4.79 Å². The highest BCUT2D eigenvalue weighted by Gasteiger charge is 2.31. The van der Waals surface area contributed by atoms with Crippen LogP contribution in [0.3, 0.4) is 0 Å². The molecule has 0 bridgehead atoms. The van der Waals surface area contributed by atoms with Gasteiger partial charge in [0.15, 0.2) is 0 Å². The minimum Gasteiger partial charge on any atom is -0.373 e. The molecule has 0 spiro atoms. The predicted molar refractivity (Wildman–Crippen MR) is 82.6 cm³/mol. The van der Waals surface area contributed by atoms with Crippen LogP contribution in [0.2, 0.25) is 0 Å². The van der Waals surface area contributed by atoms with Crippen LogP contribution in [0.1, 0.15) is 19.3 Å². The van der Waals surface area contributed by atoms with Crippen molar-refractivity contribution in [2.45, 2.75) is 19.3 Å². The SMILES string of the molecule is CN(CCNC(=O)[C@@H]1CCC[C@@H]1CN)c1ccccc1. The van der Waals surface area contributed by atoms with E-state index in [1.54, 1.807) is 0 Å². The van der Waals surface area contributed by atoms with Crippen molar-refractivity contribution in [1.29, 1.82) is 0 Å². The summed E-state index contributed by atoms with van der Waals surface area (Å²) in [5.41, 5.74) is 6.90. The van der Waals surface area contributed by atoms with E-state index in [0.717, 1.165) is 25.8 Å². The second-order valence-electron chi connectivity index (χ2n) is 5.58. The third kappa shape index (κ3) is 3.73. The molecule has 0 aromatic heterocycles. The first kappa shape index (κ1) is 14.9. The van der Waals surface area contributed by atoms with Crippen LogP contribution < -0.4 is 16.0 Å². The van der Waals surface area contributed by atoms with E-state index in [4.69, 9.17) is 5.73 Å². The average molecular weight is 275 g/mol. The Morgan fingerprint density at radius 1 is 1.35 bits per heavy atom. The van der Waals surface area contributed by atoms with Gasteiger partial charge in [-0.25, -0.2) is 0 Å². The first-order valence-corrected chi connectivity index (χ1v) is 7.46. The lowest BCUT2D eigenvalue weighted by Gasteiger charge is -2.21. The van der Waals surface area contributed by atoms with Crippen LogP contribution in [-0.4, -0.2) is 32.6 Å². The summed E-state index contributed by atoms with van der Waals surface area (Å²) in [6.45, 7) is 2.12. The summed E-state index contributed by atoms with van der Waals surface area (Å²) in [6, 6.07) is 10.2. The van der Waals surface area contributed by atoms with Gasteiger partial charge in [0.2, 0.25) is 5.91 Å². The normalized spacial score (nSPS) is 21.7. The Balaban J connectivity index is 1.74. The van der Waals surface area contributed by atoms with Crippen molar-refractivity contribution < 1.29 is 4.79 Å². The molecule has 1 aromatic carbocycles. The zero-order valence-corrected chi connectivity index (χ0v) is 12.2. The second kappa shape index (κ2) is 7.29. The molecule has 0 saturated heterocycles. The monoisotopic (exact) mass is 275 g/mol. The van der Waals surface area contributed by atoms with Crippen molar-refractivity contribution in [3.63, 3.8) is 0 Å². The van der Waals surface area contributed by atoms with E-state index in [2.05, 4.69) is 22.3 Å². The highest BCUT2D eigenvalue weighted by atomic mass is 16.1. The minimum absolute atomic E-state index is 0.127. The molecule has 1 aliphatic carbocycles. The van der Waals surface area contributed by atoms with Crippen LogP contribution in [0.25, 0.3) is 0 Å². The fraction of sp³-hybridized carbons (Fsp3) is 0.562. The van der Waals surface area contributed by atoms with E-state index in [1.807, 2.05) is 25.2 Å². The molecule has 20 heavy (non-hydrogen) atoms. The van der Waals surface area contributed by atoms with Crippen LogP contribution in [0.4, 0.5) is 5.69 Å². The maximum Gasteiger partial charge on any atom is 0.223 e. The Labute approximate surface area is 121 Å². The molecule has 0 unspecified atom stereocenters. The zero-order valence-electron chi connectivity index (χ0n) is 12.2. The van der Waals surface area contributed by atoms with Crippen molar-refractivity contribution in [1.82, 2.24) is 5.32 Å². The molecule has 1 fully saturated rings. The number of nitrogens with zero attached hydrogens (tertiary/aromatic N) is 1. The van der Waals surface area contributed by atoms with E-state index in [-0.39, 0.29) is 11.8 Å². The van der Waals surface area contributed by atoms with Gasteiger partial charge < -0.3 is 16.0 Å². The number of hydrogen-bond acceptors (Lipinski definition) is 3. The van der Waals surface area contributed by atoms with Crippen molar-refractivity contribution in [2.75, 3.05) is 31.6 Å². The Morgan fingerprint density at radius 2 is 2.10 bits per heavy atom. The number of likely N-dealkylation sites (N-methyl/N-ethyl adjacent to an activating group) is 1. The van der Waals surface area contributed by atoms with Crippen LogP contribution in [0.5, 0.6) is 0 Å². The first-order chi connectivity index (χ1) is 9.72. The molecule has 2 rings (SSSR count). The van der Waals surface area contributed by atoms with Crippen molar-refractivity contribution in [3.05, 3.63) is 30.3 Å². The fourth-order valence-corrected chi connectivity index (χ4v) is 2.95. The van der Waals surface area contributed by atoms with Gasteiger partial charge in [0.25, 0.3) is 0 Å². The molecule has 110 valence electrons. The molecule has 0 aliphatic heterocycles. The first-order valence-electron chi connectivity index (χ1n) is 7.46. The highest BCUT2D eigenvalue weighted by Crippen LogP contribution is 2.30. The summed E-state index contributed by atoms with van der Waals surface area (Å²) in [5.74, 6) is 0.684. The standard InChI is InChI=1S/C16H25N3O/c1-19(14-7-3-2-4-8-14)11-10-18-16(20)15-9-5-6-13(15)12-17/h2-4,7-8,13,15H,5-6,9-12,17H2,1H3,(H,18,20)/t13-,15-/m1/s1. The average Bonchev–Trinajstić information content (AvgIpc) is 2.96. The van der Waals surface area contributed by atoms with Crippen molar-refractivity contribution >= 4 is 11.6 Å². The largest absolute Gasteiger partial charge is 0.373 e. The third-order valence-electron chi connectivity index (χ3n) is 4.24. The maximum atomic E-state index is 12.1. The van der Waals surface area contributed by atoms with E-state index in [0.29, 0.717) is 19.0 Å². The van der Waals surface area contributed by atoms with Crippen LogP contribution >= 0.6 is 0 Å². The Kier molecular flexibility index (Phi) is 5.41. The van der Waals surface area contributed by atoms with Crippen LogP contribution in [0.15, 0.2) is 30.3 Å². The molecular weight excluding hydrogens is 250 g/mol. The number of amides is 1. The minimum atomic E-state index is 0.127. The van der Waals surface area contributed by atoms with Gasteiger partial charge in [-0.3, -0.25) is 4.79 Å². The summed E-state index contributed by atoms with van der Waals surface area (Å²) in [4.78, 5) is 14.3. The lowest BCUT2D eigenvalue weighted by atomic mass is 9.95. The lowest BCUT2D eigenvalue weighted by Crippen LogP contribution is -2.38. The number of nitrogens with two attached hydrogens (primary N) is 1. The summed E-state index contributed by atoms with van der Waals surface area (Å²) < 4.78 is 0. The van der Waals surface area contributed by atoms with Gasteiger partial charge in [0, 0.05) is 31.7 Å². The van der Waals surface area contributed by atoms with E-state index in [1.165, 1.54) is 5.69 Å². The number of rotatable bonds is 6. The molecule has 2 atom stereocenters. The van der Waals surface area contributed by atoms with E-state index >= 15 is 0 Å². The molecule has 4 heteroatoms. The van der Waals surface area contributed by atoms with Gasteiger partial charge in [0.05, 0.1) is 0 Å². The van der Waals surface area contributed by atoms with Crippen molar-refractivity contribution in [2.24, 2.45) is 17.6 Å². The molecule has 1 aromatic rings. The molecule has 1 amide bonds. The van der Waals surface area contributed by atoms with Crippen LogP contribution in [0, 0.1) is 11.8 Å². The van der Waals surface area contributed by atoms with Crippen molar-refractivity contribution in [3.8, 4) is 0 Å². The maximum absolute atomic E-state index is 12.1. The smallest absolute Gasteiger partial charge is 0.223 e. The lowest BCUT2D eigenvalue weighted by molar-refractivity contribution is -0.125. The molecule has 1 aliphatic rings. The Morgan fingerprint density at radius 3 is 2.80 bits per heavy atom. The number of nitrogens with one attached hydrogen (secondary N) is 1. The Bertz CT molecular complexity index is 421. The number of hydrogen-bond donors (Lipinski definition) is 2. The zero-order chi connectivity index (χ0) is 14.4. The molecule has 0 radical (unpaired) electrons. The molecule has 3 N–H and O–H groups in total. The fourth-order valence-electron chi connectivity index (χ4n) is 2.95. The Hall–Kier alpha value is -1.55. The topological polar surface area (TPSA) is 58.4 Å². The van der Waals surface area contributed by atoms with Gasteiger partial charge in [-0.1, -0.05) is 24.6 Å². The quantitative estimate of drug-likeness (QED) is 0.829. The molecule has 1 saturated carbocycles. The van der Waals surface area contributed by atoms with Gasteiger partial charge >= 0.3 is 0 Å². The molecular formula is C16H25N3O. The molecule has 0 heterocycles. The second-order valence-corrected chi connectivity index (χ2v) is 5.58. The van der Waals surface area contributed by atoms with Gasteiger partial charge in [-0.2, -0.15) is 0 Å². The number of benzene rings is 1. The predicted octanol–water partition coefficient (Wildman–Crippen LogP) is 1.61. The summed E-state index contributed by atoms with van der Waals surface area (Å²) in [6.07, 6.45) is 3.21. The van der Waals surface area contributed by atoms with Gasteiger partial charge in [-0.05, 0) is 37.4 Å². The highest BCUT2D eigenvalue weighted by molar-refractivity contribution is 5.79. The van der Waals surface area contributed by atoms with Gasteiger partial charge in [0.1, 0.15) is 0 Å². The summed E-state index contributed by atoms with van der Waals surface area (Å²) >= 11 is 0. The van der Waals surface area contributed by atoms with E-state index in [9.17, 15) is 4.79 Å². The number of carbonyl (C=O) groups is 1. The number of anilines is 1. The van der Waals surface area contributed by atoms with Gasteiger partial charge in [-0.15, -0.1) is 0 Å². The van der Waals surface area contributed by atoms with E-state index < -0.39 is 0 Å². The summed E-state index contributed by atoms with van der Waals surface area (Å²) in [7, 11) is 2.04. The molecule has 4 nitrogen and oxygen atoms in total. The third-order valence-corrected chi connectivity index (χ3v) is 4.24. The number of carbonyl (C=O) groups excluding carboxylic acids is 1. The number of para-hydroxylation sites is 1.